The molecule has 2 amide bonds. The van der Waals surface area contributed by atoms with Crippen LogP contribution in [0.1, 0.15) is 5.56 Å². The van der Waals surface area contributed by atoms with Crippen molar-refractivity contribution in [2.45, 2.75) is 4.90 Å². The fraction of sp³-hybridized carbons (Fsp3) is 0. The highest BCUT2D eigenvalue weighted by Gasteiger charge is 2.41. The fourth-order valence-corrected chi connectivity index (χ4v) is 3.95. The molecule has 138 valence electrons. The predicted octanol–water partition coefficient (Wildman–Crippen LogP) is 5.04. The number of benzene rings is 3. The summed E-state index contributed by atoms with van der Waals surface area (Å²) >= 11 is 1.13. The van der Waals surface area contributed by atoms with Crippen LogP contribution in [0.25, 0.3) is 5.57 Å². The molecular weight excluding hydrogens is 380 g/mol. The number of anilines is 1. The highest BCUT2D eigenvalue weighted by atomic mass is 32.2. The maximum absolute atomic E-state index is 14.3. The standard InChI is InChI=1S/C22H13F2NO2S/c23-15-12-10-14(11-13-15)19-20(28-16-6-2-1-3-7-16)22(27)25(21(19)26)18-9-5-4-8-17(18)24/h1-13H. The van der Waals surface area contributed by atoms with Crippen molar-refractivity contribution >= 4 is 34.8 Å². The lowest BCUT2D eigenvalue weighted by Crippen LogP contribution is -2.32. The third-order valence-electron chi connectivity index (χ3n) is 4.23. The molecule has 0 aromatic heterocycles. The largest absolute Gasteiger partial charge is 0.273 e. The van der Waals surface area contributed by atoms with Gasteiger partial charge in [0.15, 0.2) is 0 Å². The number of rotatable bonds is 4. The van der Waals surface area contributed by atoms with Crippen molar-refractivity contribution in [3.63, 3.8) is 0 Å². The van der Waals surface area contributed by atoms with Crippen molar-refractivity contribution < 1.29 is 18.4 Å². The van der Waals surface area contributed by atoms with Gasteiger partial charge in [0.25, 0.3) is 11.8 Å². The molecule has 0 bridgehead atoms. The van der Waals surface area contributed by atoms with Crippen LogP contribution in [0.15, 0.2) is 88.7 Å². The predicted molar refractivity (Wildman–Crippen MR) is 105 cm³/mol. The van der Waals surface area contributed by atoms with Crippen LogP contribution in [0.4, 0.5) is 14.5 Å². The quantitative estimate of drug-likeness (QED) is 0.583. The van der Waals surface area contributed by atoms with E-state index in [0.717, 1.165) is 21.6 Å². The van der Waals surface area contributed by atoms with Crippen LogP contribution < -0.4 is 4.90 Å². The second-order valence-corrected chi connectivity index (χ2v) is 7.11. The molecule has 4 rings (SSSR count). The maximum atomic E-state index is 14.3. The Hall–Kier alpha value is -3.25. The number of para-hydroxylation sites is 1. The van der Waals surface area contributed by atoms with Gasteiger partial charge in [-0.3, -0.25) is 9.59 Å². The summed E-state index contributed by atoms with van der Waals surface area (Å²) in [6.07, 6.45) is 0. The van der Waals surface area contributed by atoms with Crippen molar-refractivity contribution in [2.75, 3.05) is 4.90 Å². The first-order chi connectivity index (χ1) is 13.6. The van der Waals surface area contributed by atoms with Crippen LogP contribution in [-0.4, -0.2) is 11.8 Å². The Labute approximate surface area is 164 Å². The number of carbonyl (C=O) groups is 2. The van der Waals surface area contributed by atoms with E-state index >= 15 is 0 Å². The summed E-state index contributed by atoms with van der Waals surface area (Å²) in [7, 11) is 0. The number of amides is 2. The lowest BCUT2D eigenvalue weighted by Gasteiger charge is -2.15. The molecule has 3 nitrogen and oxygen atoms in total. The second kappa shape index (κ2) is 7.40. The van der Waals surface area contributed by atoms with E-state index < -0.39 is 23.4 Å². The van der Waals surface area contributed by atoms with Crippen molar-refractivity contribution in [1.29, 1.82) is 0 Å². The molecule has 6 heteroatoms. The molecule has 0 N–H and O–H groups in total. The Balaban J connectivity index is 1.84. The number of carbonyl (C=O) groups excluding carboxylic acids is 2. The normalized spacial score (nSPS) is 14.1. The number of thioether (sulfide) groups is 1. The highest BCUT2D eigenvalue weighted by Crippen LogP contribution is 2.41. The van der Waals surface area contributed by atoms with Gasteiger partial charge in [0, 0.05) is 4.90 Å². The molecule has 0 aliphatic carbocycles. The van der Waals surface area contributed by atoms with Gasteiger partial charge in [0.05, 0.1) is 16.2 Å². The van der Waals surface area contributed by atoms with Gasteiger partial charge in [-0.15, -0.1) is 0 Å². The molecule has 0 spiro atoms. The van der Waals surface area contributed by atoms with E-state index in [1.165, 1.54) is 42.5 Å². The van der Waals surface area contributed by atoms with Gasteiger partial charge in [-0.05, 0) is 42.0 Å². The van der Waals surface area contributed by atoms with E-state index in [1.54, 1.807) is 6.07 Å². The van der Waals surface area contributed by atoms with Crippen LogP contribution in [-0.2, 0) is 9.59 Å². The summed E-state index contributed by atoms with van der Waals surface area (Å²) in [5, 5.41) is 0. The average molecular weight is 393 g/mol. The lowest BCUT2D eigenvalue weighted by molar-refractivity contribution is -0.119. The number of halogens is 2. The minimum absolute atomic E-state index is 0.110. The van der Waals surface area contributed by atoms with Crippen LogP contribution in [0.3, 0.4) is 0 Å². The second-order valence-electron chi connectivity index (χ2n) is 6.02. The van der Waals surface area contributed by atoms with Gasteiger partial charge < -0.3 is 0 Å². The van der Waals surface area contributed by atoms with Crippen LogP contribution in [0.2, 0.25) is 0 Å². The van der Waals surface area contributed by atoms with Gasteiger partial charge in [0.2, 0.25) is 0 Å². The molecule has 0 atom stereocenters. The molecular formula is C22H13F2NO2S. The fourth-order valence-electron chi connectivity index (χ4n) is 2.93. The molecule has 28 heavy (non-hydrogen) atoms. The zero-order chi connectivity index (χ0) is 19.7. The minimum atomic E-state index is -0.673. The van der Waals surface area contributed by atoms with E-state index in [-0.39, 0.29) is 16.2 Å². The zero-order valence-corrected chi connectivity index (χ0v) is 15.2. The smallest absolute Gasteiger partial charge is 0.268 e. The molecule has 3 aromatic rings. The Morgan fingerprint density at radius 2 is 1.36 bits per heavy atom. The molecule has 1 aliphatic heterocycles. The summed E-state index contributed by atoms with van der Waals surface area (Å²) in [4.78, 5) is 28.0. The molecule has 0 saturated carbocycles. The van der Waals surface area contributed by atoms with Gasteiger partial charge >= 0.3 is 0 Å². The third-order valence-corrected chi connectivity index (χ3v) is 5.32. The molecule has 1 aliphatic rings. The minimum Gasteiger partial charge on any atom is -0.268 e. The number of imide groups is 1. The highest BCUT2D eigenvalue weighted by molar-refractivity contribution is 8.04. The Kier molecular flexibility index (Phi) is 4.79. The third kappa shape index (κ3) is 3.23. The molecule has 0 radical (unpaired) electrons. The first kappa shape index (κ1) is 18.1. The van der Waals surface area contributed by atoms with Crippen LogP contribution in [0, 0.1) is 11.6 Å². The molecule has 1 heterocycles. The van der Waals surface area contributed by atoms with Gasteiger partial charge in [0.1, 0.15) is 11.6 Å². The number of hydrogen-bond donors (Lipinski definition) is 0. The van der Waals surface area contributed by atoms with E-state index in [9.17, 15) is 18.4 Å². The zero-order valence-electron chi connectivity index (χ0n) is 14.4. The van der Waals surface area contributed by atoms with Crippen LogP contribution in [0.5, 0.6) is 0 Å². The van der Waals surface area contributed by atoms with Crippen molar-refractivity contribution in [2.24, 2.45) is 0 Å². The van der Waals surface area contributed by atoms with Gasteiger partial charge in [-0.1, -0.05) is 54.2 Å². The summed E-state index contributed by atoms with van der Waals surface area (Å²) in [5.41, 5.74) is 0.417. The Morgan fingerprint density at radius 1 is 0.714 bits per heavy atom. The summed E-state index contributed by atoms with van der Waals surface area (Å²) in [6, 6.07) is 20.0. The van der Waals surface area contributed by atoms with Crippen LogP contribution >= 0.6 is 11.8 Å². The summed E-state index contributed by atoms with van der Waals surface area (Å²) in [5.74, 6) is -2.37. The summed E-state index contributed by atoms with van der Waals surface area (Å²) < 4.78 is 27.7. The van der Waals surface area contributed by atoms with E-state index in [2.05, 4.69) is 0 Å². The van der Waals surface area contributed by atoms with E-state index in [0.29, 0.717) is 5.56 Å². The van der Waals surface area contributed by atoms with Crippen molar-refractivity contribution in [3.05, 3.63) is 101 Å². The van der Waals surface area contributed by atoms with Gasteiger partial charge in [-0.2, -0.15) is 0 Å². The molecule has 0 fully saturated rings. The summed E-state index contributed by atoms with van der Waals surface area (Å²) in [6.45, 7) is 0. The maximum Gasteiger partial charge on any atom is 0.273 e. The van der Waals surface area contributed by atoms with Gasteiger partial charge in [-0.25, -0.2) is 13.7 Å². The van der Waals surface area contributed by atoms with Crippen molar-refractivity contribution in [1.82, 2.24) is 0 Å². The Morgan fingerprint density at radius 3 is 2.04 bits per heavy atom. The monoisotopic (exact) mass is 393 g/mol. The number of nitrogens with zero attached hydrogens (tertiary/aromatic N) is 1. The van der Waals surface area contributed by atoms with E-state index in [1.807, 2.05) is 30.3 Å². The Bertz CT molecular complexity index is 1100. The number of hydrogen-bond acceptors (Lipinski definition) is 3. The first-order valence-electron chi connectivity index (χ1n) is 8.42. The molecule has 3 aromatic carbocycles. The first-order valence-corrected chi connectivity index (χ1v) is 9.24. The molecule has 0 saturated heterocycles. The SMILES string of the molecule is O=C1C(Sc2ccccc2)=C(c2ccc(F)cc2)C(=O)N1c1ccccc1F. The van der Waals surface area contributed by atoms with Crippen molar-refractivity contribution in [3.8, 4) is 0 Å². The molecule has 0 unspecified atom stereocenters. The lowest BCUT2D eigenvalue weighted by atomic mass is 10.1. The topological polar surface area (TPSA) is 37.4 Å². The average Bonchev–Trinajstić information content (AvgIpc) is 2.94. The van der Waals surface area contributed by atoms with E-state index in [4.69, 9.17) is 0 Å².